The molecule has 0 spiro atoms. The SMILES string of the molecule is CCC(=O)c1cc2cc(OCCNC)ccc2[nH]1. The number of rotatable bonds is 6. The zero-order chi connectivity index (χ0) is 13.0. The van der Waals surface area contributed by atoms with Gasteiger partial charge >= 0.3 is 0 Å². The Labute approximate surface area is 106 Å². The van der Waals surface area contributed by atoms with Gasteiger partial charge in [-0.05, 0) is 31.3 Å². The largest absolute Gasteiger partial charge is 0.492 e. The van der Waals surface area contributed by atoms with Gasteiger partial charge in [-0.25, -0.2) is 0 Å². The predicted molar refractivity (Wildman–Crippen MR) is 72.3 cm³/mol. The number of aromatic amines is 1. The van der Waals surface area contributed by atoms with Crippen molar-refractivity contribution >= 4 is 16.7 Å². The third-order valence-electron chi connectivity index (χ3n) is 2.83. The molecule has 2 rings (SSSR count). The lowest BCUT2D eigenvalue weighted by molar-refractivity contribution is 0.0984. The van der Waals surface area contributed by atoms with Gasteiger partial charge in [-0.15, -0.1) is 0 Å². The number of nitrogens with one attached hydrogen (secondary N) is 2. The predicted octanol–water partition coefficient (Wildman–Crippen LogP) is 2.36. The van der Waals surface area contributed by atoms with Crippen LogP contribution in [0.4, 0.5) is 0 Å². The van der Waals surface area contributed by atoms with E-state index in [-0.39, 0.29) is 5.78 Å². The van der Waals surface area contributed by atoms with E-state index in [1.807, 2.05) is 38.2 Å². The molecule has 96 valence electrons. The van der Waals surface area contributed by atoms with Gasteiger partial charge in [0.1, 0.15) is 12.4 Å². The molecule has 0 radical (unpaired) electrons. The molecule has 0 saturated heterocycles. The maximum atomic E-state index is 11.6. The Morgan fingerprint density at radius 3 is 2.94 bits per heavy atom. The molecule has 2 aromatic rings. The number of carbonyl (C=O) groups is 1. The average Bonchev–Trinajstić information content (AvgIpc) is 2.81. The lowest BCUT2D eigenvalue weighted by Crippen LogP contribution is -2.15. The minimum atomic E-state index is 0.129. The number of likely N-dealkylation sites (N-methyl/N-ethyl adjacent to an activating group) is 1. The topological polar surface area (TPSA) is 54.1 Å². The van der Waals surface area contributed by atoms with E-state index in [0.29, 0.717) is 18.7 Å². The third-order valence-corrected chi connectivity index (χ3v) is 2.83. The second-order valence-corrected chi connectivity index (χ2v) is 4.16. The van der Waals surface area contributed by atoms with Crippen LogP contribution in [0.25, 0.3) is 10.9 Å². The summed E-state index contributed by atoms with van der Waals surface area (Å²) in [5.41, 5.74) is 1.63. The van der Waals surface area contributed by atoms with Crippen LogP contribution in [0.3, 0.4) is 0 Å². The number of hydrogen-bond acceptors (Lipinski definition) is 3. The van der Waals surface area contributed by atoms with Crippen LogP contribution in [0.15, 0.2) is 24.3 Å². The van der Waals surface area contributed by atoms with E-state index in [9.17, 15) is 4.79 Å². The van der Waals surface area contributed by atoms with Gasteiger partial charge in [0.25, 0.3) is 0 Å². The first-order valence-corrected chi connectivity index (χ1v) is 6.18. The van der Waals surface area contributed by atoms with Crippen molar-refractivity contribution < 1.29 is 9.53 Å². The summed E-state index contributed by atoms with van der Waals surface area (Å²) < 4.78 is 5.59. The molecule has 0 unspecified atom stereocenters. The van der Waals surface area contributed by atoms with Gasteiger partial charge in [0.05, 0.1) is 5.69 Å². The molecule has 0 bridgehead atoms. The van der Waals surface area contributed by atoms with Crippen molar-refractivity contribution in [1.29, 1.82) is 0 Å². The van der Waals surface area contributed by atoms with Crippen LogP contribution in [-0.4, -0.2) is 31.0 Å². The number of carbonyl (C=O) groups excluding carboxylic acids is 1. The van der Waals surface area contributed by atoms with E-state index in [1.54, 1.807) is 0 Å². The van der Waals surface area contributed by atoms with Crippen LogP contribution in [0.2, 0.25) is 0 Å². The summed E-state index contributed by atoms with van der Waals surface area (Å²) in [6, 6.07) is 7.69. The summed E-state index contributed by atoms with van der Waals surface area (Å²) in [4.78, 5) is 14.7. The summed E-state index contributed by atoms with van der Waals surface area (Å²) >= 11 is 0. The second-order valence-electron chi connectivity index (χ2n) is 4.16. The minimum absolute atomic E-state index is 0.129. The number of ether oxygens (including phenoxy) is 1. The summed E-state index contributed by atoms with van der Waals surface area (Å²) in [6.07, 6.45) is 0.512. The van der Waals surface area contributed by atoms with E-state index < -0.39 is 0 Å². The van der Waals surface area contributed by atoms with Gasteiger partial charge in [0, 0.05) is 23.9 Å². The van der Waals surface area contributed by atoms with E-state index in [2.05, 4.69) is 10.3 Å². The van der Waals surface area contributed by atoms with Gasteiger partial charge < -0.3 is 15.0 Å². The lowest BCUT2D eigenvalue weighted by atomic mass is 10.2. The van der Waals surface area contributed by atoms with Gasteiger partial charge in [-0.2, -0.15) is 0 Å². The average molecular weight is 246 g/mol. The molecular formula is C14H18N2O2. The first-order valence-electron chi connectivity index (χ1n) is 6.18. The molecule has 2 N–H and O–H groups in total. The van der Waals surface area contributed by atoms with Crippen molar-refractivity contribution in [2.45, 2.75) is 13.3 Å². The molecule has 0 saturated carbocycles. The number of H-pyrrole nitrogens is 1. The van der Waals surface area contributed by atoms with Gasteiger partial charge in [-0.1, -0.05) is 6.92 Å². The van der Waals surface area contributed by atoms with Crippen LogP contribution in [0.5, 0.6) is 5.75 Å². The molecule has 0 aliphatic rings. The third kappa shape index (κ3) is 2.71. The van der Waals surface area contributed by atoms with Crippen molar-refractivity contribution in [2.75, 3.05) is 20.2 Å². The summed E-state index contributed by atoms with van der Waals surface area (Å²) in [5.74, 6) is 0.955. The Balaban J connectivity index is 2.20. The van der Waals surface area contributed by atoms with Crippen LogP contribution in [-0.2, 0) is 0 Å². The Bertz CT molecular complexity index is 546. The molecule has 18 heavy (non-hydrogen) atoms. The molecule has 0 atom stereocenters. The molecule has 4 heteroatoms. The fraction of sp³-hybridized carbons (Fsp3) is 0.357. The van der Waals surface area contributed by atoms with Crippen molar-refractivity contribution in [1.82, 2.24) is 10.3 Å². The molecule has 0 aliphatic carbocycles. The maximum absolute atomic E-state index is 11.6. The first-order chi connectivity index (χ1) is 8.74. The second kappa shape index (κ2) is 5.69. The highest BCUT2D eigenvalue weighted by Gasteiger charge is 2.07. The van der Waals surface area contributed by atoms with Crippen LogP contribution < -0.4 is 10.1 Å². The van der Waals surface area contributed by atoms with E-state index >= 15 is 0 Å². The molecule has 0 aliphatic heterocycles. The number of Topliss-reactive ketones (excluding diaryl/α,β-unsaturated/α-hetero) is 1. The molecule has 0 amide bonds. The zero-order valence-corrected chi connectivity index (χ0v) is 10.7. The van der Waals surface area contributed by atoms with Crippen molar-refractivity contribution in [2.24, 2.45) is 0 Å². The highest BCUT2D eigenvalue weighted by molar-refractivity contribution is 5.99. The fourth-order valence-corrected chi connectivity index (χ4v) is 1.81. The number of aromatic nitrogens is 1. The minimum Gasteiger partial charge on any atom is -0.492 e. The van der Waals surface area contributed by atoms with Crippen molar-refractivity contribution in [3.63, 3.8) is 0 Å². The smallest absolute Gasteiger partial charge is 0.178 e. The van der Waals surface area contributed by atoms with E-state index in [1.165, 1.54) is 0 Å². The summed E-state index contributed by atoms with van der Waals surface area (Å²) in [6.45, 7) is 3.30. The van der Waals surface area contributed by atoms with Gasteiger partial charge in [-0.3, -0.25) is 4.79 Å². The Morgan fingerprint density at radius 1 is 1.39 bits per heavy atom. The molecule has 1 aromatic carbocycles. The zero-order valence-electron chi connectivity index (χ0n) is 10.7. The monoisotopic (exact) mass is 246 g/mol. The standard InChI is InChI=1S/C14H18N2O2/c1-3-14(17)13-9-10-8-11(18-7-6-15-2)4-5-12(10)16-13/h4-5,8-9,15-16H,3,6-7H2,1-2H3. The number of ketones is 1. The highest BCUT2D eigenvalue weighted by Crippen LogP contribution is 2.22. The lowest BCUT2D eigenvalue weighted by Gasteiger charge is -2.05. The summed E-state index contributed by atoms with van der Waals surface area (Å²) in [5, 5.41) is 4.03. The maximum Gasteiger partial charge on any atom is 0.178 e. The Hall–Kier alpha value is -1.81. The number of hydrogen-bond donors (Lipinski definition) is 2. The van der Waals surface area contributed by atoms with Crippen molar-refractivity contribution in [3.05, 3.63) is 30.0 Å². The number of benzene rings is 1. The molecule has 1 aromatic heterocycles. The van der Waals surface area contributed by atoms with Gasteiger partial charge in [0.15, 0.2) is 5.78 Å². The van der Waals surface area contributed by atoms with Crippen LogP contribution in [0.1, 0.15) is 23.8 Å². The molecule has 4 nitrogen and oxygen atoms in total. The fourth-order valence-electron chi connectivity index (χ4n) is 1.81. The molecule has 1 heterocycles. The highest BCUT2D eigenvalue weighted by atomic mass is 16.5. The van der Waals surface area contributed by atoms with Crippen molar-refractivity contribution in [3.8, 4) is 5.75 Å². The van der Waals surface area contributed by atoms with Gasteiger partial charge in [0.2, 0.25) is 0 Å². The van der Waals surface area contributed by atoms with Crippen LogP contribution >= 0.6 is 0 Å². The van der Waals surface area contributed by atoms with E-state index in [4.69, 9.17) is 4.74 Å². The number of fused-ring (bicyclic) bond motifs is 1. The quantitative estimate of drug-likeness (QED) is 0.607. The molecular weight excluding hydrogens is 228 g/mol. The summed E-state index contributed by atoms with van der Waals surface area (Å²) in [7, 11) is 1.89. The Morgan fingerprint density at radius 2 is 2.22 bits per heavy atom. The van der Waals surface area contributed by atoms with Crippen LogP contribution in [0, 0.1) is 0 Å². The molecule has 0 fully saturated rings. The Kier molecular flexibility index (Phi) is 3.99. The van der Waals surface area contributed by atoms with E-state index in [0.717, 1.165) is 23.2 Å². The normalized spacial score (nSPS) is 10.8. The first kappa shape index (κ1) is 12.6.